The number of carbonyl (C=O) groups is 1. The zero-order valence-electron chi connectivity index (χ0n) is 21.9. The van der Waals surface area contributed by atoms with Crippen molar-refractivity contribution in [2.24, 2.45) is 0 Å². The lowest BCUT2D eigenvalue weighted by atomic mass is 10.0. The van der Waals surface area contributed by atoms with Gasteiger partial charge in [0.15, 0.2) is 17.9 Å². The van der Waals surface area contributed by atoms with Crippen LogP contribution in [0.1, 0.15) is 47.7 Å². The summed E-state index contributed by atoms with van der Waals surface area (Å²) in [6.07, 6.45) is 6.55. The van der Waals surface area contributed by atoms with Gasteiger partial charge in [-0.1, -0.05) is 19.8 Å². The normalized spacial score (nSPS) is 11.2. The van der Waals surface area contributed by atoms with Gasteiger partial charge in [-0.25, -0.2) is 19.5 Å². The molecule has 3 aromatic rings. The predicted octanol–water partition coefficient (Wildman–Crippen LogP) is 3.93. The summed E-state index contributed by atoms with van der Waals surface area (Å²) in [7, 11) is 1.96. The number of aromatic amines is 1. The van der Waals surface area contributed by atoms with E-state index in [1.54, 1.807) is 17.2 Å². The van der Waals surface area contributed by atoms with Crippen molar-refractivity contribution in [3.63, 3.8) is 0 Å². The molecule has 1 aromatic carbocycles. The molecule has 0 aliphatic heterocycles. The van der Waals surface area contributed by atoms with Crippen LogP contribution in [0.25, 0.3) is 17.5 Å². The van der Waals surface area contributed by atoms with Crippen LogP contribution in [0.5, 0.6) is 5.75 Å². The maximum Gasteiger partial charge on any atom is 0.423 e. The number of nitrogen functional groups attached to an aromatic ring is 1. The summed E-state index contributed by atoms with van der Waals surface area (Å²) in [5, 5.41) is 13.5. The molecule has 14 heteroatoms. The number of nitrogens with one attached hydrogen (secondary N) is 1. The lowest BCUT2D eigenvalue weighted by Gasteiger charge is -2.13. The number of alkyl halides is 3. The molecule has 10 nitrogen and oxygen atoms in total. The highest BCUT2D eigenvalue weighted by atomic mass is 19.4. The fourth-order valence-electron chi connectivity index (χ4n) is 3.31. The number of nitrogens with zero attached hydrogens (tertiary/aromatic N) is 4. The van der Waals surface area contributed by atoms with Crippen LogP contribution in [0.4, 0.5) is 23.2 Å². The second-order valence-electron chi connectivity index (χ2n) is 8.42. The number of benzene rings is 1. The van der Waals surface area contributed by atoms with Gasteiger partial charge < -0.3 is 20.5 Å². The number of aldehydes is 1. The summed E-state index contributed by atoms with van der Waals surface area (Å²) < 4.78 is 55.6. The Kier molecular flexibility index (Phi) is 12.2. The summed E-state index contributed by atoms with van der Waals surface area (Å²) in [5.74, 6) is 0.00775. The van der Waals surface area contributed by atoms with Crippen LogP contribution >= 0.6 is 0 Å². The molecule has 0 unspecified atom stereocenters. The molecule has 40 heavy (non-hydrogen) atoms. The number of carbonyl (C=O) groups excluding carboxylic acids is 1. The van der Waals surface area contributed by atoms with E-state index in [0.717, 1.165) is 32.0 Å². The summed E-state index contributed by atoms with van der Waals surface area (Å²) >= 11 is 0. The van der Waals surface area contributed by atoms with E-state index in [1.165, 1.54) is 18.5 Å². The Hall–Kier alpha value is -4.33. The molecule has 0 aliphatic carbocycles. The van der Waals surface area contributed by atoms with Crippen molar-refractivity contribution in [1.82, 2.24) is 25.1 Å². The highest BCUT2D eigenvalue weighted by molar-refractivity contribution is 5.84. The second-order valence-corrected chi connectivity index (χ2v) is 8.42. The summed E-state index contributed by atoms with van der Waals surface area (Å²) in [6, 6.07) is 2.76. The SMILES string of the molecule is CCCCCN(C)/C=C\c1cc(-c2ncc(OCCO)cn2)c(F)cc1C=O.Nc1cn[nH]c(=O)c1C(F)(F)F. The molecule has 0 aliphatic rings. The minimum absolute atomic E-state index is 0.119. The smallest absolute Gasteiger partial charge is 0.423 e. The van der Waals surface area contributed by atoms with Crippen molar-refractivity contribution < 1.29 is 32.2 Å². The molecular formula is C26H30F4N6O4. The standard InChI is InChI=1S/C21H26FN3O3.C5H4F3N3O/c1-3-4-5-7-25(2)8-6-16-11-19(20(22)12-17(16)15-27)21-23-13-18(14-24-21)28-10-9-26;6-5(7,8)3-2(9)1-10-11-4(3)12/h6,8,11-15,26H,3-5,7,9-10H2,1-2H3;1H,(H3,9,11,12)/b8-6-;. The van der Waals surface area contributed by atoms with Crippen molar-refractivity contribution >= 4 is 18.0 Å². The summed E-state index contributed by atoms with van der Waals surface area (Å²) in [4.78, 5) is 32.2. The first-order valence-electron chi connectivity index (χ1n) is 12.1. The van der Waals surface area contributed by atoms with Crippen LogP contribution in [-0.2, 0) is 6.18 Å². The van der Waals surface area contributed by atoms with Crippen molar-refractivity contribution in [3.8, 4) is 17.1 Å². The van der Waals surface area contributed by atoms with E-state index >= 15 is 0 Å². The Morgan fingerprint density at radius 2 is 1.85 bits per heavy atom. The van der Waals surface area contributed by atoms with Gasteiger partial charge in [-0.2, -0.15) is 18.3 Å². The molecule has 0 saturated carbocycles. The van der Waals surface area contributed by atoms with Gasteiger partial charge in [-0.15, -0.1) is 0 Å². The minimum atomic E-state index is -4.74. The number of halogens is 4. The van der Waals surface area contributed by atoms with Crippen LogP contribution < -0.4 is 16.0 Å². The highest BCUT2D eigenvalue weighted by Crippen LogP contribution is 2.29. The Bertz CT molecular complexity index is 1330. The number of hydrogen-bond acceptors (Lipinski definition) is 9. The molecule has 0 radical (unpaired) electrons. The molecule has 216 valence electrons. The third-order valence-corrected chi connectivity index (χ3v) is 5.32. The first-order chi connectivity index (χ1) is 19.0. The minimum Gasteiger partial charge on any atom is -0.488 e. The van der Waals surface area contributed by atoms with E-state index in [2.05, 4.69) is 22.0 Å². The van der Waals surface area contributed by atoms with E-state index in [4.69, 9.17) is 15.6 Å². The van der Waals surface area contributed by atoms with E-state index in [0.29, 0.717) is 17.6 Å². The fraction of sp³-hybridized carbons (Fsp3) is 0.346. The number of aliphatic hydroxyl groups is 1. The largest absolute Gasteiger partial charge is 0.488 e. The predicted molar refractivity (Wildman–Crippen MR) is 141 cm³/mol. The van der Waals surface area contributed by atoms with Gasteiger partial charge >= 0.3 is 6.18 Å². The number of ether oxygens (including phenoxy) is 1. The molecule has 4 N–H and O–H groups in total. The Morgan fingerprint density at radius 3 is 2.40 bits per heavy atom. The van der Waals surface area contributed by atoms with Gasteiger partial charge in [0, 0.05) is 19.2 Å². The third-order valence-electron chi connectivity index (χ3n) is 5.32. The average molecular weight is 567 g/mol. The van der Waals surface area contributed by atoms with Gasteiger partial charge in [0.1, 0.15) is 18.0 Å². The molecule has 0 amide bonds. The van der Waals surface area contributed by atoms with Crippen molar-refractivity contribution in [2.45, 2.75) is 32.4 Å². The molecule has 0 atom stereocenters. The Labute approximate surface area is 227 Å². The third kappa shape index (κ3) is 9.45. The number of nitrogens with two attached hydrogens (primary N) is 1. The molecule has 0 bridgehead atoms. The lowest BCUT2D eigenvalue weighted by molar-refractivity contribution is -0.138. The van der Waals surface area contributed by atoms with Crippen LogP contribution in [0.15, 0.2) is 41.7 Å². The van der Waals surface area contributed by atoms with E-state index in [1.807, 2.05) is 18.1 Å². The summed E-state index contributed by atoms with van der Waals surface area (Å²) in [6.45, 7) is 3.07. The van der Waals surface area contributed by atoms with E-state index in [9.17, 15) is 27.2 Å². The number of hydrogen-bond donors (Lipinski definition) is 3. The molecule has 2 aromatic heterocycles. The van der Waals surface area contributed by atoms with Crippen molar-refractivity contribution in [2.75, 3.05) is 32.5 Å². The van der Waals surface area contributed by atoms with Crippen LogP contribution in [-0.4, -0.2) is 63.3 Å². The Morgan fingerprint density at radius 1 is 1.15 bits per heavy atom. The fourth-order valence-corrected chi connectivity index (χ4v) is 3.31. The summed E-state index contributed by atoms with van der Waals surface area (Å²) in [5.41, 5.74) is 2.56. The zero-order valence-corrected chi connectivity index (χ0v) is 21.9. The van der Waals surface area contributed by atoms with E-state index < -0.39 is 28.8 Å². The maximum atomic E-state index is 14.5. The molecule has 0 spiro atoms. The van der Waals surface area contributed by atoms with Crippen LogP contribution in [0, 0.1) is 5.82 Å². The number of aromatic nitrogens is 4. The molecular weight excluding hydrogens is 536 g/mol. The van der Waals surface area contributed by atoms with Gasteiger partial charge in [0.25, 0.3) is 5.56 Å². The quantitative estimate of drug-likeness (QED) is 0.178. The number of rotatable bonds is 11. The van der Waals surface area contributed by atoms with Crippen LogP contribution in [0.2, 0.25) is 0 Å². The zero-order chi connectivity index (χ0) is 29.7. The lowest BCUT2D eigenvalue weighted by Crippen LogP contribution is -2.24. The first kappa shape index (κ1) is 31.9. The van der Waals surface area contributed by atoms with Gasteiger partial charge in [0.05, 0.1) is 36.4 Å². The van der Waals surface area contributed by atoms with E-state index in [-0.39, 0.29) is 30.2 Å². The molecule has 0 fully saturated rings. The number of H-pyrrole nitrogens is 1. The monoisotopic (exact) mass is 566 g/mol. The maximum absolute atomic E-state index is 14.5. The van der Waals surface area contributed by atoms with Gasteiger partial charge in [-0.3, -0.25) is 9.59 Å². The average Bonchev–Trinajstić information content (AvgIpc) is 2.91. The first-order valence-corrected chi connectivity index (χ1v) is 12.1. The number of anilines is 1. The Balaban J connectivity index is 0.000000389. The highest BCUT2D eigenvalue weighted by Gasteiger charge is 2.36. The molecule has 2 heterocycles. The molecule has 3 rings (SSSR count). The van der Waals surface area contributed by atoms with Crippen LogP contribution in [0.3, 0.4) is 0 Å². The number of unbranched alkanes of at least 4 members (excludes halogenated alkanes) is 2. The van der Waals surface area contributed by atoms with Crippen molar-refractivity contribution in [1.29, 1.82) is 0 Å². The molecule has 0 saturated heterocycles. The topological polar surface area (TPSA) is 147 Å². The van der Waals surface area contributed by atoms with Crippen molar-refractivity contribution in [3.05, 3.63) is 69.8 Å². The van der Waals surface area contributed by atoms with Gasteiger partial charge in [-0.05, 0) is 36.4 Å². The van der Waals surface area contributed by atoms with Gasteiger partial charge in [0.2, 0.25) is 0 Å². The number of aliphatic hydroxyl groups excluding tert-OH is 1. The second kappa shape index (κ2) is 15.3.